The van der Waals surface area contributed by atoms with Crippen LogP contribution >= 0.6 is 23.2 Å². The van der Waals surface area contributed by atoms with Crippen molar-refractivity contribution in [3.63, 3.8) is 0 Å². The van der Waals surface area contributed by atoms with Gasteiger partial charge in [-0.2, -0.15) is 12.9 Å². The Hall–Kier alpha value is -2.50. The smallest absolute Gasteiger partial charge is 0.275 e. The molecule has 1 amide bonds. The number of hydrogen-bond donors (Lipinski definition) is 0. The van der Waals surface area contributed by atoms with E-state index >= 15 is 0 Å². The van der Waals surface area contributed by atoms with Crippen molar-refractivity contribution in [2.24, 2.45) is 4.36 Å². The van der Waals surface area contributed by atoms with Gasteiger partial charge in [0.05, 0.1) is 46.6 Å². The van der Waals surface area contributed by atoms with E-state index in [0.717, 1.165) is 9.87 Å². The largest absolute Gasteiger partial charge is 0.449 e. The van der Waals surface area contributed by atoms with Crippen LogP contribution in [0.25, 0.3) is 0 Å². The fraction of sp³-hybridized carbons (Fsp3) is 0.304. The molecular formula is C23H21Cl2FN4O4S. The van der Waals surface area contributed by atoms with E-state index < -0.39 is 10.3 Å². The van der Waals surface area contributed by atoms with Gasteiger partial charge in [-0.1, -0.05) is 53.5 Å². The lowest BCUT2D eigenvalue weighted by atomic mass is 10.0. The second-order valence-corrected chi connectivity index (χ2v) is 10.6. The molecule has 184 valence electrons. The maximum absolute atomic E-state index is 14.9. The summed E-state index contributed by atoms with van der Waals surface area (Å²) in [7, 11) is -4.22. The first kappa shape index (κ1) is 24.2. The monoisotopic (exact) mass is 538 g/mol. The second-order valence-electron chi connectivity index (χ2n) is 8.24. The lowest BCUT2D eigenvalue weighted by Gasteiger charge is -2.35. The van der Waals surface area contributed by atoms with E-state index in [1.165, 1.54) is 24.6 Å². The molecule has 3 heterocycles. The SMILES string of the molecule is O=C(c1c(Cl)cc(N=S(=O)(F)N2CC(c3ncco3)C2)cc1Cl)N1CCO[C@@H](c2ccccc2)C1. The van der Waals surface area contributed by atoms with Crippen molar-refractivity contribution < 1.29 is 22.0 Å². The van der Waals surface area contributed by atoms with Crippen molar-refractivity contribution in [1.29, 1.82) is 0 Å². The number of benzene rings is 2. The Labute approximate surface area is 212 Å². The van der Waals surface area contributed by atoms with Gasteiger partial charge in [-0.3, -0.25) is 4.79 Å². The van der Waals surface area contributed by atoms with Crippen LogP contribution in [0.5, 0.6) is 0 Å². The van der Waals surface area contributed by atoms with Crippen molar-refractivity contribution in [2.45, 2.75) is 12.0 Å². The van der Waals surface area contributed by atoms with Crippen LogP contribution in [0.1, 0.15) is 33.8 Å². The number of ether oxygens (including phenoxy) is 1. The number of rotatable bonds is 5. The highest BCUT2D eigenvalue weighted by molar-refractivity contribution is 7.86. The van der Waals surface area contributed by atoms with Gasteiger partial charge in [0.25, 0.3) is 16.2 Å². The summed E-state index contributed by atoms with van der Waals surface area (Å²) < 4.78 is 43.4. The number of hydrogen-bond acceptors (Lipinski definition) is 6. The van der Waals surface area contributed by atoms with Crippen LogP contribution in [0.15, 0.2) is 63.7 Å². The molecule has 0 bridgehead atoms. The fourth-order valence-corrected chi connectivity index (χ4v) is 5.93. The Balaban J connectivity index is 1.32. The third-order valence-electron chi connectivity index (χ3n) is 5.95. The Bertz CT molecular complexity index is 1320. The van der Waals surface area contributed by atoms with Crippen molar-refractivity contribution in [3.05, 3.63) is 82.0 Å². The molecule has 2 atom stereocenters. The molecule has 0 spiro atoms. The number of aromatic nitrogens is 1. The van der Waals surface area contributed by atoms with Crippen molar-refractivity contribution in [1.82, 2.24) is 14.2 Å². The standard InChI is InChI=1S/C23H21Cl2FN4O4S/c24-18-10-17(28-35(26,32)30-12-16(13-30)22-27-6-8-34-22)11-19(25)21(18)23(31)29-7-9-33-20(14-29)15-4-2-1-3-5-15/h1-6,8,10-11,16,20H,7,9,12-14H2/t20-,35?/m1/s1. The van der Waals surface area contributed by atoms with Crippen molar-refractivity contribution in [3.8, 4) is 0 Å². The van der Waals surface area contributed by atoms with Gasteiger partial charge < -0.3 is 14.1 Å². The number of amides is 1. The minimum atomic E-state index is -4.22. The van der Waals surface area contributed by atoms with Crippen LogP contribution in [0.2, 0.25) is 10.0 Å². The lowest BCUT2D eigenvalue weighted by molar-refractivity contribution is -0.0228. The average Bonchev–Trinajstić information content (AvgIpc) is 3.32. The van der Waals surface area contributed by atoms with Gasteiger partial charge in [-0.15, -0.1) is 3.89 Å². The van der Waals surface area contributed by atoms with E-state index in [1.807, 2.05) is 30.3 Å². The predicted molar refractivity (Wildman–Crippen MR) is 130 cm³/mol. The summed E-state index contributed by atoms with van der Waals surface area (Å²) in [6.45, 7) is 1.37. The summed E-state index contributed by atoms with van der Waals surface area (Å²) in [6.07, 6.45) is 2.66. The van der Waals surface area contributed by atoms with Gasteiger partial charge >= 0.3 is 0 Å². The first-order valence-electron chi connectivity index (χ1n) is 10.9. The molecule has 1 aromatic heterocycles. The van der Waals surface area contributed by atoms with E-state index in [1.54, 1.807) is 4.90 Å². The van der Waals surface area contributed by atoms with Gasteiger partial charge in [-0.05, 0) is 17.7 Å². The van der Waals surface area contributed by atoms with Crippen LogP contribution in [-0.4, -0.2) is 57.1 Å². The molecule has 1 unspecified atom stereocenters. The molecule has 0 N–H and O–H groups in total. The van der Waals surface area contributed by atoms with Crippen LogP contribution in [0, 0.1) is 0 Å². The summed E-state index contributed by atoms with van der Waals surface area (Å²) in [4.78, 5) is 18.9. The first-order valence-corrected chi connectivity index (χ1v) is 13.0. The molecule has 0 radical (unpaired) electrons. The van der Waals surface area contributed by atoms with Gasteiger partial charge in [-0.25, -0.2) is 4.98 Å². The third kappa shape index (κ3) is 5.07. The summed E-state index contributed by atoms with van der Waals surface area (Å²) in [6, 6.07) is 12.2. The average molecular weight is 539 g/mol. The highest BCUT2D eigenvalue weighted by Crippen LogP contribution is 2.36. The highest BCUT2D eigenvalue weighted by atomic mass is 35.5. The summed E-state index contributed by atoms with van der Waals surface area (Å²) >= 11 is 12.8. The molecular weight excluding hydrogens is 518 g/mol. The Kier molecular flexibility index (Phi) is 6.82. The van der Waals surface area contributed by atoms with Crippen molar-refractivity contribution in [2.75, 3.05) is 32.8 Å². The molecule has 2 aromatic carbocycles. The fourth-order valence-electron chi connectivity index (χ4n) is 4.08. The number of carbonyl (C=O) groups excluding carboxylic acids is 1. The predicted octanol–water partition coefficient (Wildman–Crippen LogP) is 5.19. The quantitative estimate of drug-likeness (QED) is 0.417. The molecule has 2 fully saturated rings. The number of oxazole rings is 1. The van der Waals surface area contributed by atoms with Crippen molar-refractivity contribution >= 4 is 45.1 Å². The van der Waals surface area contributed by atoms with Crippen LogP contribution in [0.3, 0.4) is 0 Å². The van der Waals surface area contributed by atoms with Gasteiger partial charge in [0.2, 0.25) is 0 Å². The minimum absolute atomic E-state index is 0.000439. The number of nitrogens with zero attached hydrogens (tertiary/aromatic N) is 4. The maximum Gasteiger partial charge on any atom is 0.275 e. The molecule has 0 aliphatic carbocycles. The van der Waals surface area contributed by atoms with Gasteiger partial charge in [0.15, 0.2) is 5.89 Å². The molecule has 0 saturated carbocycles. The molecule has 8 nitrogen and oxygen atoms in total. The Morgan fingerprint density at radius 1 is 1.14 bits per heavy atom. The second kappa shape index (κ2) is 9.87. The summed E-state index contributed by atoms with van der Waals surface area (Å²) in [5, 5.41) is 0.000879. The number of halogens is 3. The molecule has 2 aliphatic rings. The summed E-state index contributed by atoms with van der Waals surface area (Å²) in [5.74, 6) is -0.0616. The topological polar surface area (TPSA) is 88.2 Å². The van der Waals surface area contributed by atoms with E-state index in [4.69, 9.17) is 32.4 Å². The molecule has 2 aliphatic heterocycles. The van der Waals surface area contributed by atoms with E-state index in [0.29, 0.717) is 25.6 Å². The molecule has 5 rings (SSSR count). The first-order chi connectivity index (χ1) is 16.8. The zero-order valence-corrected chi connectivity index (χ0v) is 20.7. The molecule has 12 heteroatoms. The zero-order chi connectivity index (χ0) is 24.6. The maximum atomic E-state index is 14.9. The van der Waals surface area contributed by atoms with Crippen LogP contribution in [0.4, 0.5) is 9.57 Å². The summed E-state index contributed by atoms with van der Waals surface area (Å²) in [5.41, 5.74) is 1.03. The number of morpholine rings is 1. The third-order valence-corrected chi connectivity index (χ3v) is 7.92. The van der Waals surface area contributed by atoms with Gasteiger partial charge in [0, 0.05) is 19.6 Å². The Morgan fingerprint density at radius 3 is 2.51 bits per heavy atom. The molecule has 35 heavy (non-hydrogen) atoms. The van der Waals surface area contributed by atoms with E-state index in [-0.39, 0.29) is 52.3 Å². The molecule has 3 aromatic rings. The van der Waals surface area contributed by atoms with Crippen LogP contribution in [-0.2, 0) is 15.0 Å². The lowest BCUT2D eigenvalue weighted by Crippen LogP contribution is -2.46. The zero-order valence-electron chi connectivity index (χ0n) is 18.4. The minimum Gasteiger partial charge on any atom is -0.449 e. The Morgan fingerprint density at radius 2 is 1.86 bits per heavy atom. The van der Waals surface area contributed by atoms with Gasteiger partial charge in [0.1, 0.15) is 12.4 Å². The molecule has 2 saturated heterocycles. The normalized spacial score (nSPS) is 20.8. The van der Waals surface area contributed by atoms with E-state index in [9.17, 15) is 12.9 Å². The highest BCUT2D eigenvalue weighted by Gasteiger charge is 2.38. The van der Waals surface area contributed by atoms with E-state index in [2.05, 4.69) is 9.35 Å². The van der Waals surface area contributed by atoms with Crippen LogP contribution < -0.4 is 0 Å². The number of carbonyl (C=O) groups is 1.